The number of rotatable bonds is 16. The lowest BCUT2D eigenvalue weighted by Crippen LogP contribution is -2.52. The van der Waals surface area contributed by atoms with Gasteiger partial charge in [-0.3, -0.25) is 19.7 Å². The number of amides is 3. The molecule has 2 aliphatic heterocycles. The Balaban J connectivity index is 1.39. The van der Waals surface area contributed by atoms with Crippen LogP contribution >= 0.6 is 0 Å². The van der Waals surface area contributed by atoms with Crippen molar-refractivity contribution in [3.63, 3.8) is 0 Å². The van der Waals surface area contributed by atoms with E-state index in [0.29, 0.717) is 12.2 Å². The summed E-state index contributed by atoms with van der Waals surface area (Å²) >= 11 is 0. The molecule has 1 atom stereocenters. The van der Waals surface area contributed by atoms with Crippen LogP contribution < -0.4 is 5.32 Å². The minimum Gasteiger partial charge on any atom is -0.480 e. The van der Waals surface area contributed by atoms with Crippen LogP contribution in [-0.4, -0.2) is 107 Å². The average molecular weight is 543 g/mol. The first kappa shape index (κ1) is 28.7. The zero-order valence-corrected chi connectivity index (χ0v) is 21.0. The molecular weight excluding hydrogens is 512 g/mol. The van der Waals surface area contributed by atoms with Gasteiger partial charge in [-0.25, -0.2) is 13.2 Å². The van der Waals surface area contributed by atoms with E-state index in [-0.39, 0.29) is 81.8 Å². The van der Waals surface area contributed by atoms with E-state index in [0.717, 1.165) is 0 Å². The SMILES string of the molecule is O=C(O)COCCOCCOCCOCCS(=O)(=O)c1cccc2c1CN(C1CCC(=O)NC1=O)C2=O. The number of fused-ring (bicyclic) bond motifs is 1. The van der Waals surface area contributed by atoms with Gasteiger partial charge in [0.2, 0.25) is 11.8 Å². The van der Waals surface area contributed by atoms with Crippen LogP contribution in [0.1, 0.15) is 28.8 Å². The Kier molecular flexibility index (Phi) is 10.5. The number of aliphatic carboxylic acids is 1. The van der Waals surface area contributed by atoms with Crippen LogP contribution in [0.3, 0.4) is 0 Å². The lowest BCUT2D eigenvalue weighted by molar-refractivity contribution is -0.143. The van der Waals surface area contributed by atoms with Crippen LogP contribution in [0.25, 0.3) is 0 Å². The molecular formula is C23H30N2O11S. The summed E-state index contributed by atoms with van der Waals surface area (Å²) in [5.41, 5.74) is 0.574. The van der Waals surface area contributed by atoms with E-state index in [9.17, 15) is 27.6 Å². The van der Waals surface area contributed by atoms with Crippen LogP contribution in [0.15, 0.2) is 23.1 Å². The second-order valence-corrected chi connectivity index (χ2v) is 10.4. The van der Waals surface area contributed by atoms with Crippen molar-refractivity contribution in [3.8, 4) is 0 Å². The van der Waals surface area contributed by atoms with Crippen molar-refractivity contribution in [1.29, 1.82) is 0 Å². The minimum atomic E-state index is -3.77. The molecule has 0 radical (unpaired) electrons. The van der Waals surface area contributed by atoms with Gasteiger partial charge in [0.1, 0.15) is 12.6 Å². The van der Waals surface area contributed by atoms with Gasteiger partial charge in [0.05, 0.1) is 56.9 Å². The van der Waals surface area contributed by atoms with E-state index < -0.39 is 39.6 Å². The molecule has 1 fully saturated rings. The number of carbonyl (C=O) groups excluding carboxylic acids is 3. The zero-order valence-electron chi connectivity index (χ0n) is 20.2. The number of nitrogens with one attached hydrogen (secondary N) is 1. The van der Waals surface area contributed by atoms with E-state index in [1.807, 2.05) is 0 Å². The number of sulfone groups is 1. The highest BCUT2D eigenvalue weighted by Crippen LogP contribution is 2.32. The van der Waals surface area contributed by atoms with E-state index in [4.69, 9.17) is 24.1 Å². The largest absolute Gasteiger partial charge is 0.480 e. The molecule has 204 valence electrons. The average Bonchev–Trinajstić information content (AvgIpc) is 3.18. The molecule has 2 heterocycles. The van der Waals surface area contributed by atoms with Crippen molar-refractivity contribution in [1.82, 2.24) is 10.2 Å². The van der Waals surface area contributed by atoms with Crippen LogP contribution in [0.2, 0.25) is 0 Å². The van der Waals surface area contributed by atoms with Crippen LogP contribution in [0, 0.1) is 0 Å². The minimum absolute atomic E-state index is 0.0254. The standard InChI is InChI=1S/C23H30N2O11S/c26-20-5-4-18(22(29)24-20)25-14-17-16(23(25)30)2-1-3-19(17)37(31,32)13-12-35-9-8-33-6-7-34-10-11-36-15-21(27)28/h1-3,18H,4-15H2,(H,27,28)(H,24,26,29). The molecule has 1 aromatic carbocycles. The fraction of sp³-hybridized carbons (Fsp3) is 0.565. The maximum absolute atomic E-state index is 13.0. The Labute approximate surface area is 213 Å². The van der Waals surface area contributed by atoms with Crippen molar-refractivity contribution in [2.24, 2.45) is 0 Å². The third kappa shape index (κ3) is 8.04. The Morgan fingerprint density at radius 3 is 2.22 bits per heavy atom. The first-order chi connectivity index (χ1) is 17.7. The first-order valence-corrected chi connectivity index (χ1v) is 13.4. The summed E-state index contributed by atoms with van der Waals surface area (Å²) in [6, 6.07) is 3.63. The van der Waals surface area contributed by atoms with Gasteiger partial charge in [0.25, 0.3) is 5.91 Å². The molecule has 37 heavy (non-hydrogen) atoms. The van der Waals surface area contributed by atoms with Crippen LogP contribution in [0.5, 0.6) is 0 Å². The molecule has 3 amide bonds. The van der Waals surface area contributed by atoms with E-state index in [1.54, 1.807) is 0 Å². The number of carbonyl (C=O) groups is 4. The van der Waals surface area contributed by atoms with Crippen molar-refractivity contribution in [2.45, 2.75) is 30.3 Å². The second kappa shape index (κ2) is 13.6. The van der Waals surface area contributed by atoms with Gasteiger partial charge in [-0.2, -0.15) is 0 Å². The number of hydrogen-bond acceptors (Lipinski definition) is 10. The molecule has 3 rings (SSSR count). The van der Waals surface area contributed by atoms with E-state index in [2.05, 4.69) is 5.32 Å². The number of carboxylic acids is 1. The Hall–Kier alpha value is -2.91. The summed E-state index contributed by atoms with van der Waals surface area (Å²) in [7, 11) is -3.77. The predicted octanol–water partition coefficient (Wildman–Crippen LogP) is -0.628. The third-order valence-corrected chi connectivity index (χ3v) is 7.47. The highest BCUT2D eigenvalue weighted by atomic mass is 32.2. The van der Waals surface area contributed by atoms with E-state index in [1.165, 1.54) is 23.1 Å². The molecule has 2 aliphatic rings. The zero-order chi connectivity index (χ0) is 26.8. The summed E-state index contributed by atoms with van der Waals surface area (Å²) in [5.74, 6) is -2.74. The quantitative estimate of drug-likeness (QED) is 0.201. The summed E-state index contributed by atoms with van der Waals surface area (Å²) in [4.78, 5) is 48.2. The number of carboxylic acid groups (broad SMARTS) is 1. The molecule has 0 saturated carbocycles. The Morgan fingerprint density at radius 2 is 1.59 bits per heavy atom. The van der Waals surface area contributed by atoms with E-state index >= 15 is 0 Å². The molecule has 0 aromatic heterocycles. The molecule has 13 nitrogen and oxygen atoms in total. The Morgan fingerprint density at radius 1 is 0.973 bits per heavy atom. The molecule has 1 aromatic rings. The molecule has 0 bridgehead atoms. The molecule has 1 saturated heterocycles. The van der Waals surface area contributed by atoms with Crippen molar-refractivity contribution in [2.75, 3.05) is 58.6 Å². The van der Waals surface area contributed by atoms with Gasteiger partial charge >= 0.3 is 5.97 Å². The summed E-state index contributed by atoms with van der Waals surface area (Å²) < 4.78 is 46.7. The number of hydrogen-bond donors (Lipinski definition) is 2. The summed E-state index contributed by atoms with van der Waals surface area (Å²) in [6.45, 7) is 0.908. The number of benzene rings is 1. The molecule has 1 unspecified atom stereocenters. The fourth-order valence-corrected chi connectivity index (χ4v) is 5.34. The lowest BCUT2D eigenvalue weighted by Gasteiger charge is -2.29. The van der Waals surface area contributed by atoms with Crippen LogP contribution in [-0.2, 0) is 49.7 Å². The number of imide groups is 1. The smallest absolute Gasteiger partial charge is 0.329 e. The molecule has 2 N–H and O–H groups in total. The van der Waals surface area contributed by atoms with Crippen molar-refractivity contribution < 1.29 is 51.6 Å². The number of piperidine rings is 1. The third-order valence-electron chi connectivity index (χ3n) is 5.71. The molecule has 0 aliphatic carbocycles. The highest BCUT2D eigenvalue weighted by molar-refractivity contribution is 7.91. The van der Waals surface area contributed by atoms with Gasteiger partial charge in [-0.1, -0.05) is 6.07 Å². The normalized spacial score (nSPS) is 17.7. The monoisotopic (exact) mass is 542 g/mol. The topological polar surface area (TPSA) is 175 Å². The summed E-state index contributed by atoms with van der Waals surface area (Å²) in [6.07, 6.45) is 0.301. The summed E-state index contributed by atoms with van der Waals surface area (Å²) in [5, 5.41) is 10.6. The first-order valence-electron chi connectivity index (χ1n) is 11.7. The number of nitrogens with zero attached hydrogens (tertiary/aromatic N) is 1. The second-order valence-electron chi connectivity index (χ2n) is 8.28. The number of ether oxygens (including phenoxy) is 4. The van der Waals surface area contributed by atoms with Crippen LogP contribution in [0.4, 0.5) is 0 Å². The van der Waals surface area contributed by atoms with Crippen molar-refractivity contribution in [3.05, 3.63) is 29.3 Å². The Bertz CT molecular complexity index is 1110. The predicted molar refractivity (Wildman–Crippen MR) is 125 cm³/mol. The molecule has 0 spiro atoms. The lowest BCUT2D eigenvalue weighted by atomic mass is 10.0. The van der Waals surface area contributed by atoms with Gasteiger partial charge in [-0.15, -0.1) is 0 Å². The maximum Gasteiger partial charge on any atom is 0.329 e. The molecule has 14 heteroatoms. The van der Waals surface area contributed by atoms with Gasteiger partial charge < -0.3 is 29.0 Å². The maximum atomic E-state index is 13.0. The van der Waals surface area contributed by atoms with Gasteiger partial charge in [0, 0.05) is 24.1 Å². The fourth-order valence-electron chi connectivity index (χ4n) is 3.95. The van der Waals surface area contributed by atoms with Gasteiger partial charge in [-0.05, 0) is 18.6 Å². The van der Waals surface area contributed by atoms with Gasteiger partial charge in [0.15, 0.2) is 9.84 Å². The highest BCUT2D eigenvalue weighted by Gasteiger charge is 2.41. The van der Waals surface area contributed by atoms with Crippen molar-refractivity contribution >= 4 is 33.5 Å².